The minimum atomic E-state index is -1.08. The minimum absolute atomic E-state index is 0.101. The highest BCUT2D eigenvalue weighted by molar-refractivity contribution is 6.30. The van der Waals surface area contributed by atoms with E-state index in [1.807, 2.05) is 30.3 Å². The number of nitrogens with zero attached hydrogens (tertiary/aromatic N) is 1. The molecule has 0 aromatic heterocycles. The van der Waals surface area contributed by atoms with E-state index in [0.717, 1.165) is 11.1 Å². The first-order valence-corrected chi connectivity index (χ1v) is 8.33. The highest BCUT2D eigenvalue weighted by Gasteiger charge is 2.29. The molecule has 2 aromatic rings. The molecular formula is C19H20ClNO4. The number of carboxylic acid groups (broad SMARTS) is 1. The Balaban J connectivity index is 2.06. The maximum absolute atomic E-state index is 12.4. The van der Waals surface area contributed by atoms with Crippen LogP contribution in [0.5, 0.6) is 0 Å². The first-order chi connectivity index (χ1) is 12.0. The zero-order chi connectivity index (χ0) is 18.2. The Morgan fingerprint density at radius 3 is 2.28 bits per heavy atom. The highest BCUT2D eigenvalue weighted by atomic mass is 35.5. The first-order valence-electron chi connectivity index (χ1n) is 7.95. The summed E-state index contributed by atoms with van der Waals surface area (Å²) >= 11 is 5.85. The van der Waals surface area contributed by atoms with Crippen LogP contribution in [0.25, 0.3) is 0 Å². The fraction of sp³-hybridized carbons (Fsp3) is 0.263. The second-order valence-electron chi connectivity index (χ2n) is 5.51. The quantitative estimate of drug-likeness (QED) is 0.809. The van der Waals surface area contributed by atoms with Crippen molar-refractivity contribution in [3.8, 4) is 0 Å². The number of hydrogen-bond donors (Lipinski definition) is 1. The van der Waals surface area contributed by atoms with Gasteiger partial charge in [-0.25, -0.2) is 9.59 Å². The normalized spacial score (nSPS) is 11.6. The Bertz CT molecular complexity index is 703. The average molecular weight is 362 g/mol. The predicted octanol–water partition coefficient (Wildman–Crippen LogP) is 3.99. The second kappa shape index (κ2) is 9.08. The maximum Gasteiger partial charge on any atom is 0.410 e. The molecule has 1 amide bonds. The van der Waals surface area contributed by atoms with Crippen LogP contribution in [0.4, 0.5) is 4.79 Å². The molecule has 0 bridgehead atoms. The van der Waals surface area contributed by atoms with Gasteiger partial charge in [0, 0.05) is 18.0 Å². The van der Waals surface area contributed by atoms with Gasteiger partial charge < -0.3 is 9.84 Å². The van der Waals surface area contributed by atoms with Crippen LogP contribution in [0.2, 0.25) is 5.02 Å². The average Bonchev–Trinajstić information content (AvgIpc) is 2.62. The standard InChI is InChI=1S/C19H20ClNO4/c1-2-21(19(24)25-13-15-6-4-3-5-7-15)17(18(22)23)12-14-8-10-16(20)11-9-14/h3-11,17H,2,12-13H2,1H3,(H,22,23). The first kappa shape index (κ1) is 18.8. The zero-order valence-electron chi connectivity index (χ0n) is 13.9. The van der Waals surface area contributed by atoms with E-state index in [2.05, 4.69) is 0 Å². The van der Waals surface area contributed by atoms with Crippen molar-refractivity contribution in [2.75, 3.05) is 6.54 Å². The third-order valence-corrected chi connectivity index (χ3v) is 4.04. The number of aliphatic carboxylic acids is 1. The van der Waals surface area contributed by atoms with Gasteiger partial charge in [-0.3, -0.25) is 4.90 Å². The minimum Gasteiger partial charge on any atom is -0.480 e. The van der Waals surface area contributed by atoms with Crippen LogP contribution in [0.3, 0.4) is 0 Å². The van der Waals surface area contributed by atoms with Gasteiger partial charge in [0.25, 0.3) is 0 Å². The van der Waals surface area contributed by atoms with Crippen molar-refractivity contribution in [2.24, 2.45) is 0 Å². The summed E-state index contributed by atoms with van der Waals surface area (Å²) in [5.41, 5.74) is 1.63. The monoisotopic (exact) mass is 361 g/mol. The van der Waals surface area contributed by atoms with Crippen molar-refractivity contribution in [3.05, 3.63) is 70.7 Å². The van der Waals surface area contributed by atoms with Crippen molar-refractivity contribution in [3.63, 3.8) is 0 Å². The molecule has 25 heavy (non-hydrogen) atoms. The summed E-state index contributed by atoms with van der Waals surface area (Å²) in [5, 5.41) is 10.1. The van der Waals surface area contributed by atoms with Gasteiger partial charge in [0.2, 0.25) is 0 Å². The van der Waals surface area contributed by atoms with Crippen molar-refractivity contribution < 1.29 is 19.4 Å². The Labute approximate surface area is 151 Å². The molecule has 1 unspecified atom stereocenters. The lowest BCUT2D eigenvalue weighted by molar-refractivity contribution is -0.142. The molecular weight excluding hydrogens is 342 g/mol. The second-order valence-corrected chi connectivity index (χ2v) is 5.95. The van der Waals surface area contributed by atoms with E-state index in [9.17, 15) is 14.7 Å². The Morgan fingerprint density at radius 2 is 1.72 bits per heavy atom. The fourth-order valence-corrected chi connectivity index (χ4v) is 2.58. The number of ether oxygens (including phenoxy) is 1. The summed E-state index contributed by atoms with van der Waals surface area (Å²) in [6, 6.07) is 15.1. The van der Waals surface area contributed by atoms with Crippen LogP contribution in [0, 0.1) is 0 Å². The zero-order valence-corrected chi connectivity index (χ0v) is 14.6. The van der Waals surface area contributed by atoms with Crippen LogP contribution in [0.15, 0.2) is 54.6 Å². The number of halogens is 1. The number of hydrogen-bond acceptors (Lipinski definition) is 3. The van der Waals surface area contributed by atoms with E-state index in [4.69, 9.17) is 16.3 Å². The van der Waals surface area contributed by atoms with Gasteiger partial charge >= 0.3 is 12.1 Å². The highest BCUT2D eigenvalue weighted by Crippen LogP contribution is 2.15. The number of likely N-dealkylation sites (N-methyl/N-ethyl adjacent to an activating group) is 1. The molecule has 2 rings (SSSR count). The fourth-order valence-electron chi connectivity index (χ4n) is 2.45. The molecule has 1 atom stereocenters. The number of carboxylic acids is 1. The van der Waals surface area contributed by atoms with Gasteiger partial charge in [-0.05, 0) is 30.2 Å². The van der Waals surface area contributed by atoms with Crippen LogP contribution >= 0.6 is 11.6 Å². The third-order valence-electron chi connectivity index (χ3n) is 3.78. The van der Waals surface area contributed by atoms with Gasteiger partial charge in [-0.1, -0.05) is 54.1 Å². The maximum atomic E-state index is 12.4. The van der Waals surface area contributed by atoms with Gasteiger partial charge in [0.05, 0.1) is 0 Å². The lowest BCUT2D eigenvalue weighted by Gasteiger charge is -2.27. The number of rotatable bonds is 7. The molecule has 5 nitrogen and oxygen atoms in total. The molecule has 0 radical (unpaired) electrons. The molecule has 0 fully saturated rings. The summed E-state index contributed by atoms with van der Waals surface area (Å²) in [6.07, 6.45) is -0.464. The Hall–Kier alpha value is -2.53. The SMILES string of the molecule is CCN(C(=O)OCc1ccccc1)C(Cc1ccc(Cl)cc1)C(=O)O. The number of amides is 1. The van der Waals surface area contributed by atoms with Crippen LogP contribution in [-0.4, -0.2) is 34.7 Å². The number of benzene rings is 2. The summed E-state index contributed by atoms with van der Waals surface area (Å²) in [5.74, 6) is -1.08. The molecule has 132 valence electrons. The smallest absolute Gasteiger partial charge is 0.410 e. The van der Waals surface area contributed by atoms with E-state index >= 15 is 0 Å². The molecule has 1 N–H and O–H groups in total. The van der Waals surface area contributed by atoms with Gasteiger partial charge in [0.15, 0.2) is 0 Å². The topological polar surface area (TPSA) is 66.8 Å². The summed E-state index contributed by atoms with van der Waals surface area (Å²) in [7, 11) is 0. The lowest BCUT2D eigenvalue weighted by Crippen LogP contribution is -2.46. The van der Waals surface area contributed by atoms with Gasteiger partial charge in [-0.2, -0.15) is 0 Å². The summed E-state index contributed by atoms with van der Waals surface area (Å²) in [4.78, 5) is 25.3. The molecule has 0 heterocycles. The third kappa shape index (κ3) is 5.50. The van der Waals surface area contributed by atoms with E-state index in [1.54, 1.807) is 31.2 Å². The Kier molecular flexibility index (Phi) is 6.83. The van der Waals surface area contributed by atoms with Crippen molar-refractivity contribution in [2.45, 2.75) is 26.0 Å². The van der Waals surface area contributed by atoms with Crippen LogP contribution in [0.1, 0.15) is 18.1 Å². The molecule has 0 spiro atoms. The van der Waals surface area contributed by atoms with Gasteiger partial charge in [0.1, 0.15) is 12.6 Å². The summed E-state index contributed by atoms with van der Waals surface area (Å²) < 4.78 is 5.27. The lowest BCUT2D eigenvalue weighted by atomic mass is 10.0. The van der Waals surface area contributed by atoms with Gasteiger partial charge in [-0.15, -0.1) is 0 Å². The van der Waals surface area contributed by atoms with Crippen LogP contribution in [-0.2, 0) is 22.6 Å². The molecule has 6 heteroatoms. The predicted molar refractivity (Wildman–Crippen MR) is 95.6 cm³/mol. The molecule has 0 saturated heterocycles. The van der Waals surface area contributed by atoms with Crippen molar-refractivity contribution >= 4 is 23.7 Å². The summed E-state index contributed by atoms with van der Waals surface area (Å²) in [6.45, 7) is 2.06. The molecule has 0 aliphatic heterocycles. The van der Waals surface area contributed by atoms with E-state index < -0.39 is 18.1 Å². The number of carbonyl (C=O) groups excluding carboxylic acids is 1. The van der Waals surface area contributed by atoms with E-state index in [-0.39, 0.29) is 19.6 Å². The molecule has 0 aliphatic rings. The van der Waals surface area contributed by atoms with Crippen molar-refractivity contribution in [1.82, 2.24) is 4.90 Å². The van der Waals surface area contributed by atoms with E-state index in [1.165, 1.54) is 4.90 Å². The molecule has 2 aromatic carbocycles. The number of carbonyl (C=O) groups is 2. The Morgan fingerprint density at radius 1 is 1.08 bits per heavy atom. The van der Waals surface area contributed by atoms with Crippen molar-refractivity contribution in [1.29, 1.82) is 0 Å². The van der Waals surface area contributed by atoms with E-state index in [0.29, 0.717) is 5.02 Å². The largest absolute Gasteiger partial charge is 0.480 e. The molecule has 0 saturated carbocycles. The molecule has 0 aliphatic carbocycles. The van der Waals surface area contributed by atoms with Crippen LogP contribution < -0.4 is 0 Å².